The number of halogens is 1. The van der Waals surface area contributed by atoms with Gasteiger partial charge in [-0.25, -0.2) is 0 Å². The Balaban J connectivity index is 1.66. The summed E-state index contributed by atoms with van der Waals surface area (Å²) in [4.78, 5) is 46.2. The van der Waals surface area contributed by atoms with Gasteiger partial charge in [0.15, 0.2) is 0 Å². The van der Waals surface area contributed by atoms with Crippen LogP contribution in [-0.4, -0.2) is 83.2 Å². The molecule has 1 spiro atoms. The summed E-state index contributed by atoms with van der Waals surface area (Å²) in [6, 6.07) is 6.08. The first-order chi connectivity index (χ1) is 16.2. The van der Waals surface area contributed by atoms with Crippen LogP contribution in [0.15, 0.2) is 48.6 Å². The zero-order valence-corrected chi connectivity index (χ0v) is 19.9. The first kappa shape index (κ1) is 23.1. The number of para-hydroxylation sites is 1. The average molecular weight is 486 g/mol. The van der Waals surface area contributed by atoms with Crippen molar-refractivity contribution >= 4 is 35.0 Å². The first-order valence-corrected chi connectivity index (χ1v) is 11.9. The highest BCUT2D eigenvalue weighted by Crippen LogP contribution is 2.57. The highest BCUT2D eigenvalue weighted by Gasteiger charge is 2.74. The van der Waals surface area contributed by atoms with Gasteiger partial charge in [-0.15, -0.1) is 0 Å². The molecule has 3 amide bonds. The average Bonchev–Trinajstić information content (AvgIpc) is 3.08. The topological polar surface area (TPSA) is 90.4 Å². The maximum Gasteiger partial charge on any atom is 0.253 e. The van der Waals surface area contributed by atoms with Crippen LogP contribution < -0.4 is 4.90 Å². The minimum atomic E-state index is -1.31. The number of amides is 3. The smallest absolute Gasteiger partial charge is 0.253 e. The number of hydrogen-bond donors (Lipinski definition) is 1. The van der Waals surface area contributed by atoms with E-state index >= 15 is 0 Å². The number of likely N-dealkylation sites (N-methyl/N-ethyl adjacent to an activating group) is 1. The van der Waals surface area contributed by atoms with Gasteiger partial charge < -0.3 is 24.5 Å². The second-order valence-electron chi connectivity index (χ2n) is 9.53. The molecule has 5 rings (SSSR count). The number of hydrogen-bond acceptors (Lipinski definition) is 5. The molecule has 0 bridgehead atoms. The number of benzene rings is 1. The Bertz CT molecular complexity index is 1110. The Kier molecular flexibility index (Phi) is 5.58. The second kappa shape index (κ2) is 8.22. The van der Waals surface area contributed by atoms with E-state index in [0.717, 1.165) is 0 Å². The molecule has 0 aliphatic carbocycles. The number of carbonyl (C=O) groups excluding carboxylic acids is 3. The first-order valence-electron chi connectivity index (χ1n) is 11.5. The van der Waals surface area contributed by atoms with E-state index in [9.17, 15) is 19.5 Å². The van der Waals surface area contributed by atoms with Crippen LogP contribution in [0.25, 0.3) is 0 Å². The number of carbonyl (C=O) groups is 3. The quantitative estimate of drug-likeness (QED) is 0.655. The summed E-state index contributed by atoms with van der Waals surface area (Å²) >= 11 is 6.43. The zero-order chi connectivity index (χ0) is 24.3. The molecular formula is C25H28ClN3O5. The molecule has 4 aliphatic rings. The van der Waals surface area contributed by atoms with Crippen LogP contribution in [-0.2, 0) is 19.1 Å². The zero-order valence-electron chi connectivity index (χ0n) is 19.2. The standard InChI is InChI=1S/C25H28ClN3O5/c1-24-10-5-12-27(2)21(31)18(24)19-22(32)29(14-7-15-30)20-23(33)28(13-6-11-25(19,20)34-24)17-9-4-3-8-16(17)26/h3-6,8-11,18-20,30H,7,12-15H2,1-2H3/t18-,19-,20?,24+,25-/m0/s1. The van der Waals surface area contributed by atoms with Crippen molar-refractivity contribution in [2.24, 2.45) is 11.8 Å². The van der Waals surface area contributed by atoms with E-state index in [1.165, 1.54) is 4.90 Å². The van der Waals surface area contributed by atoms with Gasteiger partial charge in [-0.05, 0) is 25.5 Å². The molecule has 2 saturated heterocycles. The SMILES string of the molecule is CN1CC=C[C@@]2(C)O[C@]34C=CCN(c5ccccc5Cl)C(=O)C3N(CCCO)C(=O)[C@@H]4[C@H]2C1=O. The molecule has 1 aromatic rings. The normalized spacial score (nSPS) is 34.8. The lowest BCUT2D eigenvalue weighted by Crippen LogP contribution is -2.56. The summed E-state index contributed by atoms with van der Waals surface area (Å²) < 4.78 is 6.69. The van der Waals surface area contributed by atoms with Crippen molar-refractivity contribution in [3.63, 3.8) is 0 Å². The third kappa shape index (κ3) is 3.16. The van der Waals surface area contributed by atoms with Crippen molar-refractivity contribution in [1.82, 2.24) is 9.80 Å². The molecule has 1 aromatic carbocycles. The molecule has 4 heterocycles. The molecule has 1 N–H and O–H groups in total. The van der Waals surface area contributed by atoms with Crippen LogP contribution in [0.4, 0.5) is 5.69 Å². The van der Waals surface area contributed by atoms with Gasteiger partial charge in [0.25, 0.3) is 5.91 Å². The number of rotatable bonds is 4. The van der Waals surface area contributed by atoms with Crippen molar-refractivity contribution < 1.29 is 24.2 Å². The van der Waals surface area contributed by atoms with Gasteiger partial charge in [0.2, 0.25) is 11.8 Å². The van der Waals surface area contributed by atoms with Crippen molar-refractivity contribution in [2.75, 3.05) is 38.2 Å². The highest BCUT2D eigenvalue weighted by atomic mass is 35.5. The van der Waals surface area contributed by atoms with Gasteiger partial charge in [0, 0.05) is 33.3 Å². The molecule has 0 aromatic heterocycles. The predicted octanol–water partition coefficient (Wildman–Crippen LogP) is 1.62. The van der Waals surface area contributed by atoms with Crippen molar-refractivity contribution in [3.05, 3.63) is 53.6 Å². The van der Waals surface area contributed by atoms with Crippen LogP contribution in [0, 0.1) is 11.8 Å². The number of aliphatic hydroxyl groups is 1. The molecule has 0 radical (unpaired) electrons. The van der Waals surface area contributed by atoms with E-state index < -0.39 is 29.1 Å². The van der Waals surface area contributed by atoms with E-state index in [4.69, 9.17) is 16.3 Å². The summed E-state index contributed by atoms with van der Waals surface area (Å²) in [5, 5.41) is 9.90. The van der Waals surface area contributed by atoms with E-state index in [1.54, 1.807) is 47.2 Å². The lowest BCUT2D eigenvalue weighted by atomic mass is 9.74. The Hall–Kier alpha value is -2.68. The number of aliphatic hydroxyl groups excluding tert-OH is 1. The Morgan fingerprint density at radius 3 is 2.53 bits per heavy atom. The summed E-state index contributed by atoms with van der Waals surface area (Å²) in [6.07, 6.45) is 7.66. The second-order valence-corrected chi connectivity index (χ2v) is 9.94. The number of ether oxygens (including phenoxy) is 1. The number of likely N-dealkylation sites (tertiary alicyclic amines) is 1. The van der Waals surface area contributed by atoms with Gasteiger partial charge in [-0.3, -0.25) is 14.4 Å². The third-order valence-corrected chi connectivity index (χ3v) is 7.78. The summed E-state index contributed by atoms with van der Waals surface area (Å²) in [5.74, 6) is -2.43. The molecule has 9 heteroatoms. The maximum absolute atomic E-state index is 14.1. The fourth-order valence-electron chi connectivity index (χ4n) is 6.01. The lowest BCUT2D eigenvalue weighted by molar-refractivity contribution is -0.148. The minimum Gasteiger partial charge on any atom is -0.396 e. The molecule has 8 nitrogen and oxygen atoms in total. The van der Waals surface area contributed by atoms with E-state index in [0.29, 0.717) is 23.7 Å². The Labute approximate surface area is 203 Å². The Morgan fingerprint density at radius 2 is 1.79 bits per heavy atom. The largest absolute Gasteiger partial charge is 0.396 e. The van der Waals surface area contributed by atoms with Crippen molar-refractivity contribution in [2.45, 2.75) is 30.6 Å². The van der Waals surface area contributed by atoms with Gasteiger partial charge in [-0.1, -0.05) is 48.0 Å². The van der Waals surface area contributed by atoms with E-state index in [2.05, 4.69) is 0 Å². The molecule has 2 fully saturated rings. The lowest BCUT2D eigenvalue weighted by Gasteiger charge is -2.37. The number of nitrogens with zero attached hydrogens (tertiary/aromatic N) is 3. The van der Waals surface area contributed by atoms with Crippen LogP contribution in [0.3, 0.4) is 0 Å². The van der Waals surface area contributed by atoms with Crippen LogP contribution >= 0.6 is 11.6 Å². The third-order valence-electron chi connectivity index (χ3n) is 7.46. The summed E-state index contributed by atoms with van der Waals surface area (Å²) in [7, 11) is 1.71. The van der Waals surface area contributed by atoms with Gasteiger partial charge >= 0.3 is 0 Å². The summed E-state index contributed by atoms with van der Waals surface area (Å²) in [6.45, 7) is 2.55. The highest BCUT2D eigenvalue weighted by molar-refractivity contribution is 6.34. The van der Waals surface area contributed by atoms with Gasteiger partial charge in [0.05, 0.1) is 28.1 Å². The van der Waals surface area contributed by atoms with Crippen molar-refractivity contribution in [1.29, 1.82) is 0 Å². The molecule has 180 valence electrons. The molecule has 1 unspecified atom stereocenters. The minimum absolute atomic E-state index is 0.126. The van der Waals surface area contributed by atoms with E-state index in [-0.39, 0.29) is 37.4 Å². The summed E-state index contributed by atoms with van der Waals surface area (Å²) in [5.41, 5.74) is -1.80. The van der Waals surface area contributed by atoms with Gasteiger partial charge in [0.1, 0.15) is 11.6 Å². The van der Waals surface area contributed by atoms with Crippen molar-refractivity contribution in [3.8, 4) is 0 Å². The monoisotopic (exact) mass is 485 g/mol. The molecule has 0 saturated carbocycles. The molecule has 5 atom stereocenters. The number of fused-ring (bicyclic) bond motifs is 2. The van der Waals surface area contributed by atoms with E-state index in [1.807, 2.05) is 25.2 Å². The number of anilines is 1. The maximum atomic E-state index is 14.1. The predicted molar refractivity (Wildman–Crippen MR) is 126 cm³/mol. The fraction of sp³-hybridized carbons (Fsp3) is 0.480. The van der Waals surface area contributed by atoms with Crippen LogP contribution in [0.2, 0.25) is 5.02 Å². The molecule has 4 aliphatic heterocycles. The Morgan fingerprint density at radius 1 is 1.06 bits per heavy atom. The fourth-order valence-corrected chi connectivity index (χ4v) is 6.25. The van der Waals surface area contributed by atoms with Gasteiger partial charge in [-0.2, -0.15) is 0 Å². The molecular weight excluding hydrogens is 458 g/mol. The molecule has 34 heavy (non-hydrogen) atoms. The van der Waals surface area contributed by atoms with Crippen LogP contribution in [0.5, 0.6) is 0 Å². The van der Waals surface area contributed by atoms with Crippen LogP contribution in [0.1, 0.15) is 13.3 Å².